The van der Waals surface area contributed by atoms with E-state index in [0.29, 0.717) is 6.61 Å². The van der Waals surface area contributed by atoms with Gasteiger partial charge in [-0.1, -0.05) is 0 Å². The first-order valence-electron chi connectivity index (χ1n) is 6.85. The van der Waals surface area contributed by atoms with Crippen LogP contribution in [0.3, 0.4) is 0 Å². The van der Waals surface area contributed by atoms with E-state index >= 15 is 0 Å². The fraction of sp³-hybridized carbons (Fsp3) is 0.533. The van der Waals surface area contributed by atoms with Crippen molar-refractivity contribution in [1.29, 1.82) is 0 Å². The van der Waals surface area contributed by atoms with E-state index in [0.717, 1.165) is 38.2 Å². The Bertz CT molecular complexity index is 445. The molecule has 118 valence electrons. The molecule has 1 aromatic rings. The molecule has 0 amide bonds. The van der Waals surface area contributed by atoms with Gasteiger partial charge in [0.25, 0.3) is 0 Å². The second-order valence-corrected chi connectivity index (χ2v) is 5.59. The quantitative estimate of drug-likeness (QED) is 0.502. The molecular formula is C15H23NO4S. The standard InChI is InChI=1S/C15H23NO4S/c1-19-9-3-7-16(8-10-20-2)12-14-13(6-11-21-14)4-5-15(17)18/h4-6,11H,3,7-10,12H2,1-2H3,(H,17,18). The lowest BCUT2D eigenvalue weighted by molar-refractivity contribution is -0.131. The Morgan fingerprint density at radius 3 is 2.76 bits per heavy atom. The fourth-order valence-corrected chi connectivity index (χ4v) is 2.82. The van der Waals surface area contributed by atoms with Crippen LogP contribution in [0.15, 0.2) is 17.5 Å². The number of rotatable bonds is 11. The Hall–Kier alpha value is -1.21. The van der Waals surface area contributed by atoms with Gasteiger partial charge in [-0.25, -0.2) is 4.79 Å². The van der Waals surface area contributed by atoms with Crippen LogP contribution in [-0.2, 0) is 20.8 Å². The van der Waals surface area contributed by atoms with Crippen LogP contribution in [0.5, 0.6) is 0 Å². The number of ether oxygens (including phenoxy) is 2. The van der Waals surface area contributed by atoms with Crippen LogP contribution in [0.1, 0.15) is 16.9 Å². The van der Waals surface area contributed by atoms with Crippen molar-refractivity contribution in [2.75, 3.05) is 40.5 Å². The molecule has 0 atom stereocenters. The van der Waals surface area contributed by atoms with Gasteiger partial charge in [-0.15, -0.1) is 11.3 Å². The zero-order chi connectivity index (χ0) is 15.5. The van der Waals surface area contributed by atoms with E-state index in [-0.39, 0.29) is 0 Å². The van der Waals surface area contributed by atoms with Crippen molar-refractivity contribution in [3.05, 3.63) is 28.0 Å². The normalized spacial score (nSPS) is 11.6. The van der Waals surface area contributed by atoms with Gasteiger partial charge in [0, 0.05) is 51.4 Å². The summed E-state index contributed by atoms with van der Waals surface area (Å²) in [4.78, 5) is 14.1. The number of aliphatic carboxylic acids is 1. The van der Waals surface area contributed by atoms with Gasteiger partial charge in [0.2, 0.25) is 0 Å². The number of hydrogen-bond donors (Lipinski definition) is 1. The Labute approximate surface area is 129 Å². The number of thiophene rings is 1. The molecule has 1 heterocycles. The molecule has 0 radical (unpaired) electrons. The molecule has 21 heavy (non-hydrogen) atoms. The molecular weight excluding hydrogens is 290 g/mol. The summed E-state index contributed by atoms with van der Waals surface area (Å²) >= 11 is 1.64. The maximum atomic E-state index is 10.6. The Morgan fingerprint density at radius 1 is 1.33 bits per heavy atom. The summed E-state index contributed by atoms with van der Waals surface area (Å²) in [5.41, 5.74) is 0.969. The molecule has 0 aliphatic carbocycles. The van der Waals surface area contributed by atoms with E-state index in [1.165, 1.54) is 11.0 Å². The third-order valence-corrected chi connectivity index (χ3v) is 3.91. The highest BCUT2D eigenvalue weighted by molar-refractivity contribution is 7.10. The summed E-state index contributed by atoms with van der Waals surface area (Å²) in [6.45, 7) is 3.99. The first-order valence-corrected chi connectivity index (χ1v) is 7.73. The maximum Gasteiger partial charge on any atom is 0.328 e. The SMILES string of the molecule is COCCCN(CCOC)Cc1sccc1C=CC(=O)O. The van der Waals surface area contributed by atoms with Gasteiger partial charge in [-0.2, -0.15) is 0 Å². The highest BCUT2D eigenvalue weighted by Gasteiger charge is 2.09. The second-order valence-electron chi connectivity index (χ2n) is 4.59. The van der Waals surface area contributed by atoms with Gasteiger partial charge in [-0.3, -0.25) is 4.90 Å². The average molecular weight is 313 g/mol. The highest BCUT2D eigenvalue weighted by Crippen LogP contribution is 2.20. The molecule has 1 rings (SSSR count). The van der Waals surface area contributed by atoms with E-state index in [1.54, 1.807) is 31.6 Å². The molecule has 0 saturated carbocycles. The summed E-state index contributed by atoms with van der Waals surface area (Å²) < 4.78 is 10.2. The molecule has 0 bridgehead atoms. The van der Waals surface area contributed by atoms with E-state index in [2.05, 4.69) is 4.90 Å². The fourth-order valence-electron chi connectivity index (χ4n) is 1.91. The molecule has 0 unspecified atom stereocenters. The number of methoxy groups -OCH3 is 2. The number of carboxylic acids is 1. The molecule has 0 saturated heterocycles. The Morgan fingerprint density at radius 2 is 2.10 bits per heavy atom. The zero-order valence-electron chi connectivity index (χ0n) is 12.6. The van der Waals surface area contributed by atoms with Crippen molar-refractivity contribution in [3.8, 4) is 0 Å². The van der Waals surface area contributed by atoms with Crippen LogP contribution in [0.4, 0.5) is 0 Å². The summed E-state index contributed by atoms with van der Waals surface area (Å²) in [7, 11) is 3.40. The maximum absolute atomic E-state index is 10.6. The molecule has 0 aliphatic heterocycles. The van der Waals surface area contributed by atoms with Crippen LogP contribution in [0.25, 0.3) is 6.08 Å². The summed E-state index contributed by atoms with van der Waals surface area (Å²) in [5.74, 6) is -0.927. The summed E-state index contributed by atoms with van der Waals surface area (Å²) in [6.07, 6.45) is 3.79. The van der Waals surface area contributed by atoms with Crippen molar-refractivity contribution < 1.29 is 19.4 Å². The minimum atomic E-state index is -0.927. The van der Waals surface area contributed by atoms with Crippen molar-refractivity contribution in [2.45, 2.75) is 13.0 Å². The minimum absolute atomic E-state index is 0.679. The number of nitrogens with zero attached hydrogens (tertiary/aromatic N) is 1. The van der Waals surface area contributed by atoms with Crippen molar-refractivity contribution >= 4 is 23.4 Å². The van der Waals surface area contributed by atoms with Crippen LogP contribution in [0, 0.1) is 0 Å². The molecule has 6 heteroatoms. The molecule has 0 aromatic carbocycles. The highest BCUT2D eigenvalue weighted by atomic mass is 32.1. The van der Waals surface area contributed by atoms with Crippen LogP contribution < -0.4 is 0 Å². The number of carbonyl (C=O) groups is 1. The van der Waals surface area contributed by atoms with Gasteiger partial charge in [0.05, 0.1) is 6.61 Å². The largest absolute Gasteiger partial charge is 0.478 e. The lowest BCUT2D eigenvalue weighted by Gasteiger charge is -2.21. The van der Waals surface area contributed by atoms with Gasteiger partial charge < -0.3 is 14.6 Å². The van der Waals surface area contributed by atoms with E-state index in [1.807, 2.05) is 11.4 Å². The van der Waals surface area contributed by atoms with E-state index in [9.17, 15) is 4.79 Å². The summed E-state index contributed by atoms with van der Waals surface area (Å²) in [6, 6.07) is 1.95. The predicted molar refractivity (Wildman–Crippen MR) is 84.6 cm³/mol. The van der Waals surface area contributed by atoms with Gasteiger partial charge in [0.1, 0.15) is 0 Å². The molecule has 0 aliphatic rings. The smallest absolute Gasteiger partial charge is 0.328 e. The molecule has 0 spiro atoms. The molecule has 1 N–H and O–H groups in total. The Balaban J connectivity index is 2.64. The molecule has 5 nitrogen and oxygen atoms in total. The number of hydrogen-bond acceptors (Lipinski definition) is 5. The van der Waals surface area contributed by atoms with Crippen LogP contribution in [-0.4, -0.2) is 56.5 Å². The van der Waals surface area contributed by atoms with Gasteiger partial charge in [0.15, 0.2) is 0 Å². The monoisotopic (exact) mass is 313 g/mol. The van der Waals surface area contributed by atoms with Crippen molar-refractivity contribution in [2.24, 2.45) is 0 Å². The first-order chi connectivity index (χ1) is 10.2. The predicted octanol–water partition coefficient (Wildman–Crippen LogP) is 2.33. The van der Waals surface area contributed by atoms with Gasteiger partial charge in [-0.05, 0) is 29.5 Å². The Kier molecular flexibility index (Phi) is 8.93. The van der Waals surface area contributed by atoms with E-state index < -0.39 is 5.97 Å². The first kappa shape index (κ1) is 17.8. The topological polar surface area (TPSA) is 59.0 Å². The summed E-state index contributed by atoms with van der Waals surface area (Å²) in [5, 5.41) is 10.7. The molecule has 1 aromatic heterocycles. The van der Waals surface area contributed by atoms with Crippen LogP contribution in [0.2, 0.25) is 0 Å². The minimum Gasteiger partial charge on any atom is -0.478 e. The third-order valence-electron chi connectivity index (χ3n) is 2.99. The van der Waals surface area contributed by atoms with Crippen molar-refractivity contribution in [3.63, 3.8) is 0 Å². The third kappa shape index (κ3) is 7.38. The van der Waals surface area contributed by atoms with Crippen molar-refractivity contribution in [1.82, 2.24) is 4.90 Å². The number of carboxylic acid groups (broad SMARTS) is 1. The average Bonchev–Trinajstić information content (AvgIpc) is 2.89. The lowest BCUT2D eigenvalue weighted by Crippen LogP contribution is -2.28. The lowest BCUT2D eigenvalue weighted by atomic mass is 10.2. The van der Waals surface area contributed by atoms with Gasteiger partial charge >= 0.3 is 5.97 Å². The zero-order valence-corrected chi connectivity index (χ0v) is 13.4. The van der Waals surface area contributed by atoms with E-state index in [4.69, 9.17) is 14.6 Å². The van der Waals surface area contributed by atoms with Crippen LogP contribution >= 0.6 is 11.3 Å². The molecule has 0 fully saturated rings. The second kappa shape index (κ2) is 10.5.